The molecule has 0 radical (unpaired) electrons. The molecule has 0 saturated carbocycles. The second-order valence-corrected chi connectivity index (χ2v) is 4.48. The molecule has 5 heteroatoms. The molecule has 1 aliphatic rings. The number of para-hydroxylation sites is 1. The number of rotatable bonds is 4. The number of carbonyl (C=O) groups is 2. The van der Waals surface area contributed by atoms with E-state index in [0.29, 0.717) is 12.2 Å². The first-order chi connectivity index (χ1) is 8.66. The van der Waals surface area contributed by atoms with Crippen LogP contribution in [-0.2, 0) is 16.0 Å². The van der Waals surface area contributed by atoms with Gasteiger partial charge in [-0.1, -0.05) is 18.2 Å². The SMILES string of the molecule is NC(=O)Cc1ccccc1NC(=O)C1CCNC1. The van der Waals surface area contributed by atoms with E-state index in [-0.39, 0.29) is 18.2 Å². The fourth-order valence-electron chi connectivity index (χ4n) is 2.10. The van der Waals surface area contributed by atoms with Crippen LogP contribution in [0.4, 0.5) is 5.69 Å². The summed E-state index contributed by atoms with van der Waals surface area (Å²) < 4.78 is 0. The molecule has 96 valence electrons. The molecule has 1 fully saturated rings. The predicted octanol–water partition coefficient (Wildman–Crippen LogP) is 0.262. The maximum atomic E-state index is 12.0. The first kappa shape index (κ1) is 12.6. The first-order valence-electron chi connectivity index (χ1n) is 6.04. The minimum absolute atomic E-state index is 0.00285. The molecular weight excluding hydrogens is 230 g/mol. The van der Waals surface area contributed by atoms with Gasteiger partial charge in [0.05, 0.1) is 12.3 Å². The smallest absolute Gasteiger partial charge is 0.228 e. The van der Waals surface area contributed by atoms with Crippen molar-refractivity contribution >= 4 is 17.5 Å². The maximum absolute atomic E-state index is 12.0. The van der Waals surface area contributed by atoms with Gasteiger partial charge in [0.1, 0.15) is 0 Å². The van der Waals surface area contributed by atoms with Gasteiger partial charge in [-0.25, -0.2) is 0 Å². The number of hydrogen-bond acceptors (Lipinski definition) is 3. The summed E-state index contributed by atoms with van der Waals surface area (Å²) >= 11 is 0. The summed E-state index contributed by atoms with van der Waals surface area (Å²) in [6.07, 6.45) is 0.989. The summed E-state index contributed by atoms with van der Waals surface area (Å²) in [6.45, 7) is 1.59. The average molecular weight is 247 g/mol. The predicted molar refractivity (Wildman–Crippen MR) is 68.9 cm³/mol. The van der Waals surface area contributed by atoms with Crippen LogP contribution >= 0.6 is 0 Å². The molecule has 0 bridgehead atoms. The minimum atomic E-state index is -0.403. The number of primary amides is 1. The van der Waals surface area contributed by atoms with Crippen molar-refractivity contribution in [2.45, 2.75) is 12.8 Å². The molecule has 0 aliphatic carbocycles. The fraction of sp³-hybridized carbons (Fsp3) is 0.385. The van der Waals surface area contributed by atoms with E-state index in [1.54, 1.807) is 12.1 Å². The van der Waals surface area contributed by atoms with E-state index < -0.39 is 5.91 Å². The van der Waals surface area contributed by atoms with Gasteiger partial charge in [-0.3, -0.25) is 9.59 Å². The number of amides is 2. The Morgan fingerprint density at radius 3 is 2.83 bits per heavy atom. The van der Waals surface area contributed by atoms with Crippen molar-refractivity contribution in [1.29, 1.82) is 0 Å². The third-order valence-electron chi connectivity index (χ3n) is 3.07. The van der Waals surface area contributed by atoms with Gasteiger partial charge in [0.25, 0.3) is 0 Å². The van der Waals surface area contributed by atoms with E-state index in [1.807, 2.05) is 12.1 Å². The van der Waals surface area contributed by atoms with E-state index in [2.05, 4.69) is 10.6 Å². The van der Waals surface area contributed by atoms with Crippen LogP contribution in [0.1, 0.15) is 12.0 Å². The summed E-state index contributed by atoms with van der Waals surface area (Å²) in [5, 5.41) is 6.02. The number of hydrogen-bond donors (Lipinski definition) is 3. The molecule has 1 heterocycles. The normalized spacial score (nSPS) is 18.6. The highest BCUT2D eigenvalue weighted by Gasteiger charge is 2.22. The lowest BCUT2D eigenvalue weighted by molar-refractivity contribution is -0.119. The lowest BCUT2D eigenvalue weighted by Gasteiger charge is -2.13. The van der Waals surface area contributed by atoms with Crippen molar-refractivity contribution in [2.24, 2.45) is 11.7 Å². The Morgan fingerprint density at radius 1 is 1.39 bits per heavy atom. The quantitative estimate of drug-likeness (QED) is 0.713. The molecule has 1 aromatic carbocycles. The highest BCUT2D eigenvalue weighted by atomic mass is 16.2. The van der Waals surface area contributed by atoms with Gasteiger partial charge in [-0.2, -0.15) is 0 Å². The van der Waals surface area contributed by atoms with Gasteiger partial charge in [-0.05, 0) is 24.6 Å². The van der Waals surface area contributed by atoms with Crippen molar-refractivity contribution in [2.75, 3.05) is 18.4 Å². The van der Waals surface area contributed by atoms with Gasteiger partial charge >= 0.3 is 0 Å². The molecule has 1 aromatic rings. The summed E-state index contributed by atoms with van der Waals surface area (Å²) in [4.78, 5) is 22.9. The van der Waals surface area contributed by atoms with Crippen LogP contribution in [0.5, 0.6) is 0 Å². The zero-order valence-corrected chi connectivity index (χ0v) is 10.1. The molecule has 2 amide bonds. The fourth-order valence-corrected chi connectivity index (χ4v) is 2.10. The largest absolute Gasteiger partial charge is 0.369 e. The molecule has 4 N–H and O–H groups in total. The second kappa shape index (κ2) is 5.64. The lowest BCUT2D eigenvalue weighted by atomic mass is 10.1. The van der Waals surface area contributed by atoms with E-state index in [9.17, 15) is 9.59 Å². The maximum Gasteiger partial charge on any atom is 0.228 e. The zero-order chi connectivity index (χ0) is 13.0. The van der Waals surface area contributed by atoms with Crippen molar-refractivity contribution in [1.82, 2.24) is 5.32 Å². The average Bonchev–Trinajstić information content (AvgIpc) is 2.84. The highest BCUT2D eigenvalue weighted by molar-refractivity contribution is 5.94. The highest BCUT2D eigenvalue weighted by Crippen LogP contribution is 2.18. The number of nitrogens with one attached hydrogen (secondary N) is 2. The Kier molecular flexibility index (Phi) is 3.94. The molecule has 0 aromatic heterocycles. The molecule has 2 rings (SSSR count). The molecular formula is C13H17N3O2. The van der Waals surface area contributed by atoms with E-state index in [1.165, 1.54) is 0 Å². The number of nitrogens with two attached hydrogens (primary N) is 1. The third-order valence-corrected chi connectivity index (χ3v) is 3.07. The number of anilines is 1. The van der Waals surface area contributed by atoms with Gasteiger partial charge in [-0.15, -0.1) is 0 Å². The molecule has 1 unspecified atom stereocenters. The first-order valence-corrected chi connectivity index (χ1v) is 6.04. The van der Waals surface area contributed by atoms with Crippen molar-refractivity contribution in [3.05, 3.63) is 29.8 Å². The number of carbonyl (C=O) groups excluding carboxylic acids is 2. The summed E-state index contributed by atoms with van der Waals surface area (Å²) in [7, 11) is 0. The Morgan fingerprint density at radius 2 is 2.17 bits per heavy atom. The van der Waals surface area contributed by atoms with Gasteiger partial charge < -0.3 is 16.4 Å². The Hall–Kier alpha value is -1.88. The van der Waals surface area contributed by atoms with Crippen molar-refractivity contribution < 1.29 is 9.59 Å². The Balaban J connectivity index is 2.07. The van der Waals surface area contributed by atoms with Crippen LogP contribution in [0.2, 0.25) is 0 Å². The molecule has 1 aliphatic heterocycles. The monoisotopic (exact) mass is 247 g/mol. The second-order valence-electron chi connectivity index (χ2n) is 4.48. The summed E-state index contributed by atoms with van der Waals surface area (Å²) in [5.74, 6) is -0.400. The topological polar surface area (TPSA) is 84.2 Å². The lowest BCUT2D eigenvalue weighted by Crippen LogP contribution is -2.25. The summed E-state index contributed by atoms with van der Waals surface area (Å²) in [5.41, 5.74) is 6.61. The van der Waals surface area contributed by atoms with Gasteiger partial charge in [0.15, 0.2) is 0 Å². The van der Waals surface area contributed by atoms with E-state index in [4.69, 9.17) is 5.73 Å². The van der Waals surface area contributed by atoms with Crippen LogP contribution in [0, 0.1) is 5.92 Å². The molecule has 18 heavy (non-hydrogen) atoms. The molecule has 1 atom stereocenters. The van der Waals surface area contributed by atoms with E-state index in [0.717, 1.165) is 18.5 Å². The minimum Gasteiger partial charge on any atom is -0.369 e. The van der Waals surface area contributed by atoms with Crippen LogP contribution in [-0.4, -0.2) is 24.9 Å². The van der Waals surface area contributed by atoms with Crippen molar-refractivity contribution in [3.63, 3.8) is 0 Å². The Bertz CT molecular complexity index is 453. The molecule has 5 nitrogen and oxygen atoms in total. The van der Waals surface area contributed by atoms with Crippen LogP contribution < -0.4 is 16.4 Å². The van der Waals surface area contributed by atoms with Gasteiger partial charge in [0.2, 0.25) is 11.8 Å². The number of benzene rings is 1. The third kappa shape index (κ3) is 3.07. The van der Waals surface area contributed by atoms with Crippen LogP contribution in [0.3, 0.4) is 0 Å². The van der Waals surface area contributed by atoms with Crippen LogP contribution in [0.25, 0.3) is 0 Å². The standard InChI is InChI=1S/C13H17N3O2/c14-12(17)7-9-3-1-2-4-11(9)16-13(18)10-5-6-15-8-10/h1-4,10,15H,5-8H2,(H2,14,17)(H,16,18). The van der Waals surface area contributed by atoms with Crippen molar-refractivity contribution in [3.8, 4) is 0 Å². The zero-order valence-electron chi connectivity index (χ0n) is 10.1. The van der Waals surface area contributed by atoms with Gasteiger partial charge in [0, 0.05) is 12.2 Å². The Labute approximate surface area is 106 Å². The molecule has 1 saturated heterocycles. The van der Waals surface area contributed by atoms with E-state index >= 15 is 0 Å². The molecule has 0 spiro atoms. The van der Waals surface area contributed by atoms with Crippen LogP contribution in [0.15, 0.2) is 24.3 Å². The summed E-state index contributed by atoms with van der Waals surface area (Å²) in [6, 6.07) is 7.24.